The Balaban J connectivity index is 1.90. The van der Waals surface area contributed by atoms with Gasteiger partial charge in [0, 0.05) is 19.1 Å². The Morgan fingerprint density at radius 2 is 2.11 bits per heavy atom. The Hall–Kier alpha value is -0.860. The molecule has 8 heteroatoms. The molecule has 1 aromatic rings. The summed E-state index contributed by atoms with van der Waals surface area (Å²) in [5, 5.41) is 2.88. The fourth-order valence-electron chi connectivity index (χ4n) is 2.05. The van der Waals surface area contributed by atoms with Crippen LogP contribution in [0.1, 0.15) is 23.2 Å². The molecule has 1 aliphatic heterocycles. The molecule has 0 aliphatic carbocycles. The van der Waals surface area contributed by atoms with Gasteiger partial charge in [-0.05, 0) is 34.8 Å². The molecular formula is C11H15BrN2O4S. The van der Waals surface area contributed by atoms with Gasteiger partial charge in [0.15, 0.2) is 4.67 Å². The average Bonchev–Trinajstić information content (AvgIpc) is 2.75. The molecule has 6 nitrogen and oxygen atoms in total. The molecule has 2 rings (SSSR count). The highest BCUT2D eigenvalue weighted by molar-refractivity contribution is 9.10. The smallest absolute Gasteiger partial charge is 0.255 e. The van der Waals surface area contributed by atoms with Crippen molar-refractivity contribution in [1.29, 1.82) is 0 Å². The Morgan fingerprint density at radius 1 is 1.47 bits per heavy atom. The van der Waals surface area contributed by atoms with Crippen LogP contribution in [0.5, 0.6) is 0 Å². The number of carbonyl (C=O) groups is 1. The Bertz CT molecular complexity index is 561. The summed E-state index contributed by atoms with van der Waals surface area (Å²) in [5.74, 6) is -0.210. The van der Waals surface area contributed by atoms with Crippen LogP contribution < -0.4 is 5.32 Å². The second-order valence-electron chi connectivity index (χ2n) is 4.52. The summed E-state index contributed by atoms with van der Waals surface area (Å²) in [6, 6.07) is 1.58. The van der Waals surface area contributed by atoms with Gasteiger partial charge in [-0.25, -0.2) is 12.7 Å². The van der Waals surface area contributed by atoms with Crippen LogP contribution in [-0.4, -0.2) is 44.0 Å². The summed E-state index contributed by atoms with van der Waals surface area (Å²) in [7, 11) is -3.13. The van der Waals surface area contributed by atoms with Crippen molar-refractivity contribution in [2.75, 3.05) is 19.3 Å². The van der Waals surface area contributed by atoms with Gasteiger partial charge < -0.3 is 9.73 Å². The van der Waals surface area contributed by atoms with E-state index in [1.54, 1.807) is 6.07 Å². The fraction of sp³-hybridized carbons (Fsp3) is 0.545. The Labute approximate surface area is 120 Å². The Morgan fingerprint density at radius 3 is 2.58 bits per heavy atom. The quantitative estimate of drug-likeness (QED) is 0.887. The predicted octanol–water partition coefficient (Wildman–Crippen LogP) is 1.20. The third-order valence-electron chi connectivity index (χ3n) is 3.12. The van der Waals surface area contributed by atoms with Gasteiger partial charge in [0.25, 0.3) is 5.91 Å². The van der Waals surface area contributed by atoms with Gasteiger partial charge in [0.05, 0.1) is 18.1 Å². The van der Waals surface area contributed by atoms with E-state index >= 15 is 0 Å². The molecule has 2 heterocycles. The van der Waals surface area contributed by atoms with Crippen LogP contribution in [0.4, 0.5) is 0 Å². The van der Waals surface area contributed by atoms with Gasteiger partial charge >= 0.3 is 0 Å². The number of rotatable bonds is 3. The topological polar surface area (TPSA) is 79.6 Å². The third kappa shape index (κ3) is 3.58. The van der Waals surface area contributed by atoms with E-state index < -0.39 is 10.0 Å². The number of amides is 1. The molecule has 0 bridgehead atoms. The van der Waals surface area contributed by atoms with Crippen molar-refractivity contribution < 1.29 is 17.6 Å². The first-order valence-electron chi connectivity index (χ1n) is 5.87. The lowest BCUT2D eigenvalue weighted by Crippen LogP contribution is -2.46. The molecule has 106 valence electrons. The number of sulfonamides is 1. The zero-order chi connectivity index (χ0) is 14.0. The molecule has 0 saturated carbocycles. The van der Waals surface area contributed by atoms with E-state index in [-0.39, 0.29) is 11.9 Å². The summed E-state index contributed by atoms with van der Waals surface area (Å²) >= 11 is 3.15. The van der Waals surface area contributed by atoms with Gasteiger partial charge in [-0.2, -0.15) is 0 Å². The minimum absolute atomic E-state index is 0.00713. The highest BCUT2D eigenvalue weighted by atomic mass is 79.9. The predicted molar refractivity (Wildman–Crippen MR) is 73.3 cm³/mol. The van der Waals surface area contributed by atoms with Crippen molar-refractivity contribution in [2.24, 2.45) is 0 Å². The first-order chi connectivity index (χ1) is 8.88. The zero-order valence-corrected chi connectivity index (χ0v) is 12.8. The van der Waals surface area contributed by atoms with Gasteiger partial charge in [0.2, 0.25) is 10.0 Å². The molecule has 0 unspecified atom stereocenters. The maximum atomic E-state index is 11.9. The maximum Gasteiger partial charge on any atom is 0.255 e. The number of nitrogens with one attached hydrogen (secondary N) is 1. The molecule has 0 spiro atoms. The lowest BCUT2D eigenvalue weighted by atomic mass is 10.1. The molecule has 0 atom stereocenters. The summed E-state index contributed by atoms with van der Waals surface area (Å²) in [6.45, 7) is 0.882. The highest BCUT2D eigenvalue weighted by Gasteiger charge is 2.26. The molecule has 1 fully saturated rings. The minimum atomic E-state index is -3.13. The lowest BCUT2D eigenvalue weighted by molar-refractivity contribution is 0.0922. The van der Waals surface area contributed by atoms with E-state index in [0.29, 0.717) is 36.2 Å². The summed E-state index contributed by atoms with van der Waals surface area (Å²) in [5.41, 5.74) is 0.450. The van der Waals surface area contributed by atoms with Crippen molar-refractivity contribution in [1.82, 2.24) is 9.62 Å². The van der Waals surface area contributed by atoms with E-state index in [1.807, 2.05) is 0 Å². The molecule has 1 saturated heterocycles. The van der Waals surface area contributed by atoms with E-state index in [9.17, 15) is 13.2 Å². The van der Waals surface area contributed by atoms with Crippen LogP contribution in [0, 0.1) is 0 Å². The average molecular weight is 351 g/mol. The lowest BCUT2D eigenvalue weighted by Gasteiger charge is -2.30. The van der Waals surface area contributed by atoms with Crippen LogP contribution in [0.15, 0.2) is 21.4 Å². The van der Waals surface area contributed by atoms with Crippen LogP contribution in [0.3, 0.4) is 0 Å². The van der Waals surface area contributed by atoms with Crippen LogP contribution in [0.25, 0.3) is 0 Å². The maximum absolute atomic E-state index is 11.9. The minimum Gasteiger partial charge on any atom is -0.457 e. The normalized spacial score (nSPS) is 18.4. The molecular weight excluding hydrogens is 336 g/mol. The van der Waals surface area contributed by atoms with E-state index in [4.69, 9.17) is 4.42 Å². The number of piperidine rings is 1. The summed E-state index contributed by atoms with van der Waals surface area (Å²) in [6.07, 6.45) is 3.88. The number of carbonyl (C=O) groups excluding carboxylic acids is 1. The summed E-state index contributed by atoms with van der Waals surface area (Å²) in [4.78, 5) is 11.9. The van der Waals surface area contributed by atoms with Crippen molar-refractivity contribution in [3.8, 4) is 0 Å². The molecule has 1 amide bonds. The number of hydrogen-bond acceptors (Lipinski definition) is 4. The van der Waals surface area contributed by atoms with Gasteiger partial charge in [-0.15, -0.1) is 0 Å². The number of halogens is 1. The Kier molecular flexibility index (Phi) is 4.32. The zero-order valence-electron chi connectivity index (χ0n) is 10.4. The molecule has 1 aromatic heterocycles. The molecule has 19 heavy (non-hydrogen) atoms. The molecule has 0 radical (unpaired) electrons. The first kappa shape index (κ1) is 14.5. The van der Waals surface area contributed by atoms with E-state index in [2.05, 4.69) is 21.2 Å². The largest absolute Gasteiger partial charge is 0.457 e. The van der Waals surface area contributed by atoms with Crippen molar-refractivity contribution in [3.05, 3.63) is 22.6 Å². The second-order valence-corrected chi connectivity index (χ2v) is 7.22. The van der Waals surface area contributed by atoms with Crippen LogP contribution in [0.2, 0.25) is 0 Å². The standard InChI is InChI=1S/C11H15BrN2O4S/c1-19(16,17)14-5-2-8(3-6-14)13-11(15)9-4-7-18-10(9)12/h4,7-8H,2-3,5-6H2,1H3,(H,13,15). The molecule has 1 N–H and O–H groups in total. The fourth-order valence-corrected chi connectivity index (χ4v) is 3.34. The number of nitrogens with zero attached hydrogens (tertiary/aromatic N) is 1. The second kappa shape index (κ2) is 5.64. The van der Waals surface area contributed by atoms with E-state index in [1.165, 1.54) is 16.8 Å². The van der Waals surface area contributed by atoms with E-state index in [0.717, 1.165) is 0 Å². The van der Waals surface area contributed by atoms with Crippen LogP contribution in [-0.2, 0) is 10.0 Å². The van der Waals surface area contributed by atoms with Crippen molar-refractivity contribution in [2.45, 2.75) is 18.9 Å². The summed E-state index contributed by atoms with van der Waals surface area (Å²) < 4.78 is 29.6. The van der Waals surface area contributed by atoms with Gasteiger partial charge in [0.1, 0.15) is 0 Å². The highest BCUT2D eigenvalue weighted by Crippen LogP contribution is 2.19. The monoisotopic (exact) mass is 350 g/mol. The molecule has 0 aromatic carbocycles. The number of furan rings is 1. The molecule has 1 aliphatic rings. The van der Waals surface area contributed by atoms with Crippen molar-refractivity contribution >= 4 is 31.9 Å². The van der Waals surface area contributed by atoms with Crippen LogP contribution >= 0.6 is 15.9 Å². The number of hydrogen-bond donors (Lipinski definition) is 1. The SMILES string of the molecule is CS(=O)(=O)N1CCC(NC(=O)c2ccoc2Br)CC1. The van der Waals surface area contributed by atoms with Crippen molar-refractivity contribution in [3.63, 3.8) is 0 Å². The van der Waals surface area contributed by atoms with Gasteiger partial charge in [-0.3, -0.25) is 4.79 Å². The third-order valence-corrected chi connectivity index (χ3v) is 5.04. The first-order valence-corrected chi connectivity index (χ1v) is 8.51. The van der Waals surface area contributed by atoms with Gasteiger partial charge in [-0.1, -0.05) is 0 Å².